The molecule has 96 valence electrons. The third kappa shape index (κ3) is 4.08. The van der Waals surface area contributed by atoms with Crippen LogP contribution in [0, 0.1) is 16.7 Å². The topological polar surface area (TPSA) is 3.24 Å². The molecule has 0 aliphatic carbocycles. The first-order valence-corrected chi connectivity index (χ1v) is 6.95. The van der Waals surface area contributed by atoms with E-state index in [2.05, 4.69) is 46.6 Å². The summed E-state index contributed by atoms with van der Waals surface area (Å²) >= 11 is 0. The second-order valence-electron chi connectivity index (χ2n) is 7.36. The van der Waals surface area contributed by atoms with Gasteiger partial charge in [0, 0.05) is 13.1 Å². The molecule has 1 saturated heterocycles. The molecule has 0 spiro atoms. The summed E-state index contributed by atoms with van der Waals surface area (Å²) in [6, 6.07) is 0. The summed E-state index contributed by atoms with van der Waals surface area (Å²) in [7, 11) is 2.29. The Bertz CT molecular complexity index is 221. The van der Waals surface area contributed by atoms with Crippen molar-refractivity contribution in [3.05, 3.63) is 0 Å². The number of hydrogen-bond donors (Lipinski definition) is 0. The first-order chi connectivity index (χ1) is 7.26. The Morgan fingerprint density at radius 1 is 1.12 bits per heavy atom. The molecule has 2 unspecified atom stereocenters. The molecule has 0 aromatic rings. The predicted octanol–water partition coefficient (Wildman–Crippen LogP) is 4.18. The van der Waals surface area contributed by atoms with E-state index in [1.54, 1.807) is 0 Å². The third-order valence-electron chi connectivity index (χ3n) is 4.29. The number of rotatable bonds is 3. The molecule has 16 heavy (non-hydrogen) atoms. The Kier molecular flexibility index (Phi) is 4.45. The van der Waals surface area contributed by atoms with Crippen LogP contribution in [-0.4, -0.2) is 25.0 Å². The highest BCUT2D eigenvalue weighted by Gasteiger charge is 2.34. The van der Waals surface area contributed by atoms with Crippen molar-refractivity contribution >= 4 is 0 Å². The van der Waals surface area contributed by atoms with Gasteiger partial charge in [-0.05, 0) is 43.1 Å². The van der Waals surface area contributed by atoms with Gasteiger partial charge in [-0.2, -0.15) is 0 Å². The smallest absolute Gasteiger partial charge is 0.00326 e. The molecule has 0 aromatic carbocycles. The first-order valence-electron chi connectivity index (χ1n) is 6.95. The van der Waals surface area contributed by atoms with E-state index in [0.717, 1.165) is 5.92 Å². The van der Waals surface area contributed by atoms with Crippen LogP contribution in [0.25, 0.3) is 0 Å². The molecule has 0 amide bonds. The van der Waals surface area contributed by atoms with Crippen molar-refractivity contribution in [3.63, 3.8) is 0 Å². The van der Waals surface area contributed by atoms with Gasteiger partial charge >= 0.3 is 0 Å². The number of likely N-dealkylation sites (tertiary alicyclic amines) is 1. The second kappa shape index (κ2) is 5.08. The minimum atomic E-state index is 0.502. The van der Waals surface area contributed by atoms with Gasteiger partial charge in [0.1, 0.15) is 0 Å². The standard InChI is InChI=1S/C15H31N/c1-7-13(2)10-15(5)9-8-14(3,4)11-16(6)12-15/h13H,7-12H2,1-6H3. The summed E-state index contributed by atoms with van der Waals surface area (Å²) in [5.74, 6) is 0.875. The zero-order chi connectivity index (χ0) is 12.4. The SMILES string of the molecule is CCC(C)CC1(C)CCC(C)(C)CN(C)C1. The van der Waals surface area contributed by atoms with Crippen LogP contribution < -0.4 is 0 Å². The van der Waals surface area contributed by atoms with Crippen LogP contribution in [0.4, 0.5) is 0 Å². The molecule has 0 N–H and O–H groups in total. The van der Waals surface area contributed by atoms with Crippen LogP contribution in [0.5, 0.6) is 0 Å². The zero-order valence-corrected chi connectivity index (χ0v) is 12.3. The molecule has 2 atom stereocenters. The van der Waals surface area contributed by atoms with E-state index < -0.39 is 0 Å². The van der Waals surface area contributed by atoms with Gasteiger partial charge in [0.15, 0.2) is 0 Å². The van der Waals surface area contributed by atoms with Crippen molar-refractivity contribution in [2.75, 3.05) is 20.1 Å². The van der Waals surface area contributed by atoms with Crippen LogP contribution in [0.15, 0.2) is 0 Å². The Balaban J connectivity index is 2.66. The molecule has 1 heterocycles. The van der Waals surface area contributed by atoms with Gasteiger partial charge < -0.3 is 4.90 Å². The van der Waals surface area contributed by atoms with Gasteiger partial charge in [-0.1, -0.05) is 41.0 Å². The van der Waals surface area contributed by atoms with Gasteiger partial charge in [0.25, 0.3) is 0 Å². The molecular weight excluding hydrogens is 194 g/mol. The Labute approximate surface area is 103 Å². The average Bonchev–Trinajstić information content (AvgIpc) is 2.22. The third-order valence-corrected chi connectivity index (χ3v) is 4.29. The fraction of sp³-hybridized carbons (Fsp3) is 1.00. The molecule has 0 saturated carbocycles. The summed E-state index contributed by atoms with van der Waals surface area (Å²) in [4.78, 5) is 2.55. The van der Waals surface area contributed by atoms with E-state index >= 15 is 0 Å². The van der Waals surface area contributed by atoms with Crippen LogP contribution in [-0.2, 0) is 0 Å². The van der Waals surface area contributed by atoms with E-state index in [1.165, 1.54) is 38.8 Å². The van der Waals surface area contributed by atoms with Crippen molar-refractivity contribution in [3.8, 4) is 0 Å². The molecule has 0 aromatic heterocycles. The lowest BCUT2D eigenvalue weighted by Crippen LogP contribution is -2.34. The van der Waals surface area contributed by atoms with Gasteiger partial charge in [-0.3, -0.25) is 0 Å². The van der Waals surface area contributed by atoms with Gasteiger partial charge in [-0.25, -0.2) is 0 Å². The maximum Gasteiger partial charge on any atom is 0.00326 e. The fourth-order valence-corrected chi connectivity index (χ4v) is 3.39. The Morgan fingerprint density at radius 3 is 2.31 bits per heavy atom. The van der Waals surface area contributed by atoms with E-state index in [0.29, 0.717) is 10.8 Å². The lowest BCUT2D eigenvalue weighted by atomic mass is 9.75. The predicted molar refractivity (Wildman–Crippen MR) is 72.7 cm³/mol. The van der Waals surface area contributed by atoms with Crippen molar-refractivity contribution in [2.45, 2.75) is 60.3 Å². The molecule has 0 radical (unpaired) electrons. The highest BCUT2D eigenvalue weighted by atomic mass is 15.1. The van der Waals surface area contributed by atoms with Crippen molar-refractivity contribution in [2.24, 2.45) is 16.7 Å². The lowest BCUT2D eigenvalue weighted by molar-refractivity contribution is 0.163. The summed E-state index contributed by atoms with van der Waals surface area (Å²) in [5, 5.41) is 0. The summed E-state index contributed by atoms with van der Waals surface area (Å²) in [6.07, 6.45) is 5.49. The minimum Gasteiger partial charge on any atom is -0.305 e. The van der Waals surface area contributed by atoms with Crippen LogP contribution in [0.2, 0.25) is 0 Å². The minimum absolute atomic E-state index is 0.502. The fourth-order valence-electron chi connectivity index (χ4n) is 3.39. The van der Waals surface area contributed by atoms with Crippen LogP contribution in [0.3, 0.4) is 0 Å². The van der Waals surface area contributed by atoms with E-state index in [4.69, 9.17) is 0 Å². The quantitative estimate of drug-likeness (QED) is 0.696. The Hall–Kier alpha value is -0.0400. The molecule has 1 aliphatic heterocycles. The van der Waals surface area contributed by atoms with Gasteiger partial charge in [0.05, 0.1) is 0 Å². The lowest BCUT2D eigenvalue weighted by Gasteiger charge is -2.33. The summed E-state index contributed by atoms with van der Waals surface area (Å²) < 4.78 is 0. The monoisotopic (exact) mass is 225 g/mol. The maximum absolute atomic E-state index is 2.55. The van der Waals surface area contributed by atoms with E-state index in [-0.39, 0.29) is 0 Å². The summed E-state index contributed by atoms with van der Waals surface area (Å²) in [5.41, 5.74) is 1.04. The molecule has 1 nitrogen and oxygen atoms in total. The first kappa shape index (κ1) is 14.0. The van der Waals surface area contributed by atoms with Gasteiger partial charge in [0.2, 0.25) is 0 Å². The van der Waals surface area contributed by atoms with Crippen molar-refractivity contribution < 1.29 is 0 Å². The maximum atomic E-state index is 2.55. The number of nitrogens with zero attached hydrogens (tertiary/aromatic N) is 1. The molecule has 1 fully saturated rings. The molecular formula is C15H31N. The van der Waals surface area contributed by atoms with Crippen molar-refractivity contribution in [1.29, 1.82) is 0 Å². The van der Waals surface area contributed by atoms with Gasteiger partial charge in [-0.15, -0.1) is 0 Å². The van der Waals surface area contributed by atoms with Crippen LogP contribution in [0.1, 0.15) is 60.3 Å². The highest BCUT2D eigenvalue weighted by Crippen LogP contribution is 2.40. The molecule has 1 rings (SSSR count). The largest absolute Gasteiger partial charge is 0.305 e. The zero-order valence-electron chi connectivity index (χ0n) is 12.3. The normalized spacial score (nSPS) is 33.4. The molecule has 1 aliphatic rings. The second-order valence-corrected chi connectivity index (χ2v) is 7.36. The van der Waals surface area contributed by atoms with Crippen molar-refractivity contribution in [1.82, 2.24) is 4.90 Å². The average molecular weight is 225 g/mol. The van der Waals surface area contributed by atoms with E-state index in [9.17, 15) is 0 Å². The number of hydrogen-bond acceptors (Lipinski definition) is 1. The summed E-state index contributed by atoms with van der Waals surface area (Å²) in [6.45, 7) is 14.6. The van der Waals surface area contributed by atoms with E-state index in [1.807, 2.05) is 0 Å². The molecule has 1 heteroatoms. The Morgan fingerprint density at radius 2 is 1.75 bits per heavy atom. The highest BCUT2D eigenvalue weighted by molar-refractivity contribution is 4.87. The van der Waals surface area contributed by atoms with Crippen LogP contribution >= 0.6 is 0 Å². The molecule has 0 bridgehead atoms.